The van der Waals surface area contributed by atoms with Crippen molar-refractivity contribution in [3.05, 3.63) is 89.4 Å². The van der Waals surface area contributed by atoms with Crippen LogP contribution in [0.15, 0.2) is 93.5 Å². The smallest absolute Gasteiger partial charge is 0.419 e. The molecule has 1 heterocycles. The summed E-state index contributed by atoms with van der Waals surface area (Å²) in [5.74, 6) is -0.420. The van der Waals surface area contributed by atoms with Gasteiger partial charge in [0.25, 0.3) is 10.0 Å². The lowest BCUT2D eigenvalue weighted by atomic mass is 10.1. The Balaban J connectivity index is 1.36. The number of nitrogens with zero attached hydrogens (tertiary/aromatic N) is 1. The molecule has 204 valence electrons. The van der Waals surface area contributed by atoms with E-state index in [9.17, 15) is 21.6 Å². The molecule has 0 aromatic heterocycles. The maximum Gasteiger partial charge on any atom is 0.419 e. The molecule has 0 unspecified atom stereocenters. The standard InChI is InChI=1S/C28H24ClF3N2O3S2/c1-34-13-12-21(17-34)37-26-15-20(7-10-24(26)28(30,31)32)33-39(35,36)27-11-9-23(16-25(27)29)38-22-8-6-18-4-2-3-5-19(18)14-22/h2-11,14-16,21,33H,12-13,17H2,1H3/t21-/m1/s1. The van der Waals surface area contributed by atoms with E-state index < -0.39 is 33.6 Å². The van der Waals surface area contributed by atoms with Crippen molar-refractivity contribution in [3.63, 3.8) is 0 Å². The number of alkyl halides is 3. The zero-order valence-electron chi connectivity index (χ0n) is 20.7. The van der Waals surface area contributed by atoms with Gasteiger partial charge in [0.15, 0.2) is 0 Å². The van der Waals surface area contributed by atoms with Crippen molar-refractivity contribution in [1.82, 2.24) is 4.90 Å². The fraction of sp³-hybridized carbons (Fsp3) is 0.214. The fourth-order valence-corrected chi connectivity index (χ4v) is 6.99. The Morgan fingerprint density at radius 2 is 1.69 bits per heavy atom. The van der Waals surface area contributed by atoms with Crippen LogP contribution in [0.3, 0.4) is 0 Å². The molecule has 1 aliphatic rings. The molecule has 11 heteroatoms. The number of sulfonamides is 1. The van der Waals surface area contributed by atoms with Gasteiger partial charge in [-0.3, -0.25) is 4.72 Å². The van der Waals surface area contributed by atoms with Gasteiger partial charge in [-0.15, -0.1) is 0 Å². The Labute approximate surface area is 234 Å². The first-order valence-electron chi connectivity index (χ1n) is 12.0. The van der Waals surface area contributed by atoms with E-state index in [1.807, 2.05) is 54.4 Å². The molecule has 0 spiro atoms. The van der Waals surface area contributed by atoms with Gasteiger partial charge in [-0.2, -0.15) is 13.2 Å². The second-order valence-corrected chi connectivity index (χ2v) is 12.5. The van der Waals surface area contributed by atoms with Crippen LogP contribution in [-0.4, -0.2) is 39.6 Å². The van der Waals surface area contributed by atoms with E-state index in [2.05, 4.69) is 4.72 Å². The molecular weight excluding hydrogens is 569 g/mol. The third-order valence-electron chi connectivity index (χ3n) is 6.33. The number of likely N-dealkylation sites (N-methyl/N-ethyl adjacent to an activating group) is 1. The Bertz CT molecular complexity index is 1630. The number of halogens is 4. The summed E-state index contributed by atoms with van der Waals surface area (Å²) in [5.41, 5.74) is -1.02. The molecule has 1 atom stereocenters. The van der Waals surface area contributed by atoms with E-state index in [1.54, 1.807) is 12.1 Å². The summed E-state index contributed by atoms with van der Waals surface area (Å²) in [5, 5.41) is 2.18. The Kier molecular flexibility index (Phi) is 7.74. The number of ether oxygens (including phenoxy) is 1. The van der Waals surface area contributed by atoms with Gasteiger partial charge in [0, 0.05) is 28.9 Å². The van der Waals surface area contributed by atoms with Crippen LogP contribution in [0.2, 0.25) is 5.02 Å². The number of benzene rings is 4. The van der Waals surface area contributed by atoms with Crippen LogP contribution in [-0.2, 0) is 16.2 Å². The zero-order chi connectivity index (χ0) is 27.8. The summed E-state index contributed by atoms with van der Waals surface area (Å²) in [6, 6.07) is 21.5. The summed E-state index contributed by atoms with van der Waals surface area (Å²) in [4.78, 5) is 3.46. The monoisotopic (exact) mass is 592 g/mol. The molecule has 5 rings (SSSR count). The van der Waals surface area contributed by atoms with Crippen molar-refractivity contribution in [3.8, 4) is 5.75 Å². The average Bonchev–Trinajstić information content (AvgIpc) is 3.27. The molecule has 4 aromatic carbocycles. The summed E-state index contributed by atoms with van der Waals surface area (Å²) < 4.78 is 75.1. The van der Waals surface area contributed by atoms with E-state index in [-0.39, 0.29) is 15.6 Å². The van der Waals surface area contributed by atoms with Crippen LogP contribution in [0.4, 0.5) is 18.9 Å². The molecule has 0 saturated carbocycles. The normalized spacial score (nSPS) is 16.5. The fourth-order valence-electron chi connectivity index (χ4n) is 4.43. The summed E-state index contributed by atoms with van der Waals surface area (Å²) in [7, 11) is -2.34. The molecule has 1 fully saturated rings. The van der Waals surface area contributed by atoms with E-state index in [0.29, 0.717) is 19.5 Å². The highest BCUT2D eigenvalue weighted by atomic mass is 35.5. The minimum absolute atomic E-state index is 0.00864. The molecule has 0 aliphatic carbocycles. The molecule has 1 N–H and O–H groups in total. The van der Waals surface area contributed by atoms with Crippen LogP contribution in [0, 0.1) is 0 Å². The lowest BCUT2D eigenvalue weighted by Crippen LogP contribution is -2.23. The van der Waals surface area contributed by atoms with E-state index in [4.69, 9.17) is 16.3 Å². The SMILES string of the molecule is CN1CC[C@@H](Oc2cc(NS(=O)(=O)c3ccc(Sc4ccc5ccccc5c4)cc3Cl)ccc2C(F)(F)F)C1. The largest absolute Gasteiger partial charge is 0.488 e. The van der Waals surface area contributed by atoms with Gasteiger partial charge in [0.05, 0.1) is 16.3 Å². The van der Waals surface area contributed by atoms with Gasteiger partial charge in [0.1, 0.15) is 16.7 Å². The van der Waals surface area contributed by atoms with Gasteiger partial charge in [-0.05, 0) is 66.7 Å². The first kappa shape index (κ1) is 27.6. The van der Waals surface area contributed by atoms with Crippen molar-refractivity contribution in [2.45, 2.75) is 33.4 Å². The van der Waals surface area contributed by atoms with Gasteiger partial charge in [-0.1, -0.05) is 53.7 Å². The second-order valence-electron chi connectivity index (χ2n) is 9.31. The molecule has 39 heavy (non-hydrogen) atoms. The molecule has 5 nitrogen and oxygen atoms in total. The van der Waals surface area contributed by atoms with Crippen LogP contribution in [0.25, 0.3) is 10.8 Å². The number of hydrogen-bond donors (Lipinski definition) is 1. The minimum atomic E-state index is -4.65. The molecule has 0 radical (unpaired) electrons. The summed E-state index contributed by atoms with van der Waals surface area (Å²) >= 11 is 7.81. The Hall–Kier alpha value is -2.92. The predicted molar refractivity (Wildman–Crippen MR) is 148 cm³/mol. The van der Waals surface area contributed by atoms with Gasteiger partial charge >= 0.3 is 6.18 Å². The van der Waals surface area contributed by atoms with Crippen molar-refractivity contribution in [2.24, 2.45) is 0 Å². The third kappa shape index (κ3) is 6.46. The molecule has 0 amide bonds. The Morgan fingerprint density at radius 3 is 2.38 bits per heavy atom. The van der Waals surface area contributed by atoms with Crippen LogP contribution < -0.4 is 9.46 Å². The molecule has 1 aliphatic heterocycles. The van der Waals surface area contributed by atoms with Crippen molar-refractivity contribution < 1.29 is 26.3 Å². The second kappa shape index (κ2) is 10.9. The minimum Gasteiger partial charge on any atom is -0.488 e. The van der Waals surface area contributed by atoms with E-state index >= 15 is 0 Å². The Morgan fingerprint density at radius 1 is 0.974 bits per heavy atom. The number of likely N-dealkylation sites (tertiary alicyclic amines) is 1. The van der Waals surface area contributed by atoms with Crippen molar-refractivity contribution in [1.29, 1.82) is 0 Å². The van der Waals surface area contributed by atoms with Gasteiger partial charge in [-0.25, -0.2) is 8.42 Å². The maximum atomic E-state index is 13.6. The molecule has 4 aromatic rings. The number of nitrogens with one attached hydrogen (secondary N) is 1. The average molecular weight is 593 g/mol. The lowest BCUT2D eigenvalue weighted by Gasteiger charge is -2.19. The zero-order valence-corrected chi connectivity index (χ0v) is 23.1. The maximum absolute atomic E-state index is 13.6. The number of rotatable bonds is 7. The highest BCUT2D eigenvalue weighted by molar-refractivity contribution is 7.99. The van der Waals surface area contributed by atoms with Crippen LogP contribution in [0.1, 0.15) is 12.0 Å². The number of fused-ring (bicyclic) bond motifs is 1. The van der Waals surface area contributed by atoms with Crippen molar-refractivity contribution in [2.75, 3.05) is 24.9 Å². The molecular formula is C28H24ClF3N2O3S2. The highest BCUT2D eigenvalue weighted by Gasteiger charge is 2.36. The quantitative estimate of drug-likeness (QED) is 0.240. The molecule has 0 bridgehead atoms. The van der Waals surface area contributed by atoms with Crippen LogP contribution in [0.5, 0.6) is 5.75 Å². The molecule has 1 saturated heterocycles. The predicted octanol–water partition coefficient (Wildman–Crippen LogP) is 7.55. The number of hydrogen-bond acceptors (Lipinski definition) is 5. The third-order valence-corrected chi connectivity index (χ3v) is 9.17. The summed E-state index contributed by atoms with van der Waals surface area (Å²) in [6.45, 7) is 1.18. The van der Waals surface area contributed by atoms with E-state index in [1.165, 1.54) is 17.8 Å². The van der Waals surface area contributed by atoms with Crippen LogP contribution >= 0.6 is 23.4 Å². The van der Waals surface area contributed by atoms with Gasteiger partial charge in [0.2, 0.25) is 0 Å². The topological polar surface area (TPSA) is 58.6 Å². The van der Waals surface area contributed by atoms with Gasteiger partial charge < -0.3 is 9.64 Å². The first-order chi connectivity index (χ1) is 18.5. The number of anilines is 1. The van der Waals surface area contributed by atoms with Crippen molar-refractivity contribution >= 4 is 49.8 Å². The highest BCUT2D eigenvalue weighted by Crippen LogP contribution is 2.40. The van der Waals surface area contributed by atoms with E-state index in [0.717, 1.165) is 38.8 Å². The first-order valence-corrected chi connectivity index (χ1v) is 14.7. The lowest BCUT2D eigenvalue weighted by molar-refractivity contribution is -0.139. The summed E-state index contributed by atoms with van der Waals surface area (Å²) in [6.07, 6.45) is -4.51.